The van der Waals surface area contributed by atoms with Crippen LogP contribution in [0.4, 0.5) is 5.82 Å². The van der Waals surface area contributed by atoms with E-state index in [1.165, 1.54) is 0 Å². The highest BCUT2D eigenvalue weighted by Crippen LogP contribution is 2.25. The second kappa shape index (κ2) is 6.79. The molecular weight excluding hydrogens is 240 g/mol. The van der Waals surface area contributed by atoms with Crippen LogP contribution in [0.15, 0.2) is 12.3 Å². The van der Waals surface area contributed by atoms with Crippen LogP contribution in [0.1, 0.15) is 25.8 Å². The minimum Gasteiger partial charge on any atom is -0.396 e. The number of nitrogens with zero attached hydrogens (tertiary/aromatic N) is 2. The lowest BCUT2D eigenvalue weighted by Gasteiger charge is -2.28. The Morgan fingerprint density at radius 1 is 1.41 bits per heavy atom. The SMILES string of the molecule is CC(C)N(CCCO)c1ncc(CO)cc1Cl. The highest BCUT2D eigenvalue weighted by molar-refractivity contribution is 6.33. The average Bonchev–Trinajstić information content (AvgIpc) is 2.30. The maximum Gasteiger partial charge on any atom is 0.147 e. The highest BCUT2D eigenvalue weighted by atomic mass is 35.5. The van der Waals surface area contributed by atoms with E-state index in [4.69, 9.17) is 21.8 Å². The number of rotatable bonds is 6. The molecule has 4 nitrogen and oxygen atoms in total. The predicted octanol–water partition coefficient (Wildman–Crippen LogP) is 1.82. The fraction of sp³-hybridized carbons (Fsp3) is 0.583. The summed E-state index contributed by atoms with van der Waals surface area (Å²) in [6.07, 6.45) is 2.30. The van der Waals surface area contributed by atoms with Crippen molar-refractivity contribution in [2.75, 3.05) is 18.1 Å². The van der Waals surface area contributed by atoms with Crippen molar-refractivity contribution >= 4 is 17.4 Å². The smallest absolute Gasteiger partial charge is 0.147 e. The second-order valence-corrected chi connectivity index (χ2v) is 4.58. The lowest BCUT2D eigenvalue weighted by atomic mass is 10.2. The molecule has 0 aromatic carbocycles. The molecule has 1 aromatic heterocycles. The molecule has 0 unspecified atom stereocenters. The van der Waals surface area contributed by atoms with Gasteiger partial charge in [-0.3, -0.25) is 0 Å². The first-order chi connectivity index (χ1) is 8.10. The van der Waals surface area contributed by atoms with E-state index in [0.29, 0.717) is 29.4 Å². The van der Waals surface area contributed by atoms with Crippen molar-refractivity contribution in [2.24, 2.45) is 0 Å². The normalized spacial score (nSPS) is 10.9. The first-order valence-electron chi connectivity index (χ1n) is 5.73. The van der Waals surface area contributed by atoms with E-state index in [1.54, 1.807) is 12.3 Å². The monoisotopic (exact) mass is 258 g/mol. The second-order valence-electron chi connectivity index (χ2n) is 4.17. The zero-order valence-electron chi connectivity index (χ0n) is 10.2. The third-order valence-corrected chi connectivity index (χ3v) is 2.79. The van der Waals surface area contributed by atoms with Crippen molar-refractivity contribution in [1.29, 1.82) is 0 Å². The Labute approximate surface area is 107 Å². The maximum atomic E-state index is 9.00. The van der Waals surface area contributed by atoms with Gasteiger partial charge in [-0.25, -0.2) is 4.98 Å². The van der Waals surface area contributed by atoms with Crippen molar-refractivity contribution in [1.82, 2.24) is 4.98 Å². The Morgan fingerprint density at radius 3 is 2.59 bits per heavy atom. The van der Waals surface area contributed by atoms with E-state index in [9.17, 15) is 0 Å². The molecule has 5 heteroatoms. The van der Waals surface area contributed by atoms with Crippen LogP contribution < -0.4 is 4.90 Å². The van der Waals surface area contributed by atoms with Gasteiger partial charge < -0.3 is 15.1 Å². The summed E-state index contributed by atoms with van der Waals surface area (Å²) < 4.78 is 0. The van der Waals surface area contributed by atoms with Gasteiger partial charge in [-0.05, 0) is 31.9 Å². The number of aromatic nitrogens is 1. The minimum atomic E-state index is -0.0642. The summed E-state index contributed by atoms with van der Waals surface area (Å²) in [7, 11) is 0. The van der Waals surface area contributed by atoms with E-state index >= 15 is 0 Å². The van der Waals surface area contributed by atoms with E-state index < -0.39 is 0 Å². The molecule has 0 aliphatic carbocycles. The first-order valence-corrected chi connectivity index (χ1v) is 6.10. The van der Waals surface area contributed by atoms with Crippen LogP contribution in [0, 0.1) is 0 Å². The largest absolute Gasteiger partial charge is 0.396 e. The molecule has 96 valence electrons. The van der Waals surface area contributed by atoms with Gasteiger partial charge in [0.25, 0.3) is 0 Å². The van der Waals surface area contributed by atoms with Crippen LogP contribution in [-0.2, 0) is 6.61 Å². The molecule has 0 amide bonds. The molecule has 0 bridgehead atoms. The van der Waals surface area contributed by atoms with Gasteiger partial charge in [0, 0.05) is 25.4 Å². The Kier molecular flexibility index (Phi) is 5.68. The summed E-state index contributed by atoms with van der Waals surface area (Å²) in [4.78, 5) is 6.32. The Balaban J connectivity index is 2.93. The van der Waals surface area contributed by atoms with Crippen molar-refractivity contribution in [3.8, 4) is 0 Å². The summed E-state index contributed by atoms with van der Waals surface area (Å²) in [5.74, 6) is 0.701. The molecule has 0 atom stereocenters. The molecule has 2 N–H and O–H groups in total. The summed E-state index contributed by atoms with van der Waals surface area (Å²) in [6.45, 7) is 4.89. The maximum absolute atomic E-state index is 9.00. The third kappa shape index (κ3) is 3.84. The topological polar surface area (TPSA) is 56.6 Å². The van der Waals surface area contributed by atoms with Crippen molar-refractivity contribution < 1.29 is 10.2 Å². The van der Waals surface area contributed by atoms with E-state index in [-0.39, 0.29) is 19.3 Å². The molecule has 0 fully saturated rings. The molecule has 1 rings (SSSR count). The lowest BCUT2D eigenvalue weighted by Crippen LogP contribution is -2.33. The van der Waals surface area contributed by atoms with Gasteiger partial charge in [-0.2, -0.15) is 0 Å². The number of anilines is 1. The van der Waals surface area contributed by atoms with Crippen molar-refractivity contribution in [2.45, 2.75) is 32.9 Å². The first kappa shape index (κ1) is 14.2. The van der Waals surface area contributed by atoms with Crippen LogP contribution in [0.25, 0.3) is 0 Å². The average molecular weight is 259 g/mol. The molecule has 0 saturated heterocycles. The van der Waals surface area contributed by atoms with E-state index in [1.807, 2.05) is 4.90 Å². The Morgan fingerprint density at radius 2 is 2.12 bits per heavy atom. The fourth-order valence-corrected chi connectivity index (χ4v) is 1.92. The molecule has 0 aliphatic rings. The van der Waals surface area contributed by atoms with Crippen molar-refractivity contribution in [3.63, 3.8) is 0 Å². The van der Waals surface area contributed by atoms with Gasteiger partial charge in [-0.15, -0.1) is 0 Å². The Hall–Kier alpha value is -0.840. The van der Waals surface area contributed by atoms with Crippen LogP contribution in [0.2, 0.25) is 5.02 Å². The van der Waals surface area contributed by atoms with Crippen LogP contribution in [0.5, 0.6) is 0 Å². The standard InChI is InChI=1S/C12H19ClN2O2/c1-9(2)15(4-3-5-16)12-11(13)6-10(8-17)7-14-12/h6-7,9,16-17H,3-5,8H2,1-2H3. The number of aliphatic hydroxyl groups excluding tert-OH is 2. The Bertz CT molecular complexity index is 358. The third-order valence-electron chi connectivity index (χ3n) is 2.51. The molecule has 0 spiro atoms. The number of aliphatic hydroxyl groups is 2. The summed E-state index contributed by atoms with van der Waals surface area (Å²) in [5, 5.41) is 18.4. The van der Waals surface area contributed by atoms with Crippen LogP contribution >= 0.6 is 11.6 Å². The molecule has 0 saturated carbocycles. The van der Waals surface area contributed by atoms with Gasteiger partial charge in [0.1, 0.15) is 5.82 Å². The summed E-state index contributed by atoms with van der Waals surface area (Å²) >= 11 is 6.15. The fourth-order valence-electron chi connectivity index (χ4n) is 1.62. The molecule has 0 radical (unpaired) electrons. The molecular formula is C12H19ClN2O2. The molecule has 17 heavy (non-hydrogen) atoms. The molecule has 1 aromatic rings. The van der Waals surface area contributed by atoms with E-state index in [0.717, 1.165) is 0 Å². The van der Waals surface area contributed by atoms with Gasteiger partial charge in [0.2, 0.25) is 0 Å². The molecule has 1 heterocycles. The van der Waals surface area contributed by atoms with Gasteiger partial charge in [0.05, 0.1) is 11.6 Å². The van der Waals surface area contributed by atoms with Crippen LogP contribution in [-0.4, -0.2) is 34.4 Å². The van der Waals surface area contributed by atoms with Gasteiger partial charge in [-0.1, -0.05) is 11.6 Å². The van der Waals surface area contributed by atoms with Gasteiger partial charge >= 0.3 is 0 Å². The number of hydrogen-bond donors (Lipinski definition) is 2. The van der Waals surface area contributed by atoms with E-state index in [2.05, 4.69) is 18.8 Å². The lowest BCUT2D eigenvalue weighted by molar-refractivity contribution is 0.281. The zero-order chi connectivity index (χ0) is 12.8. The highest BCUT2D eigenvalue weighted by Gasteiger charge is 2.15. The zero-order valence-corrected chi connectivity index (χ0v) is 11.0. The van der Waals surface area contributed by atoms with Crippen molar-refractivity contribution in [3.05, 3.63) is 22.8 Å². The summed E-state index contributed by atoms with van der Waals surface area (Å²) in [5.41, 5.74) is 0.699. The quantitative estimate of drug-likeness (QED) is 0.817. The number of halogens is 1. The number of hydrogen-bond acceptors (Lipinski definition) is 4. The summed E-state index contributed by atoms with van der Waals surface area (Å²) in [6, 6.07) is 1.98. The van der Waals surface area contributed by atoms with Gasteiger partial charge in [0.15, 0.2) is 0 Å². The predicted molar refractivity (Wildman–Crippen MR) is 69.4 cm³/mol. The molecule has 0 aliphatic heterocycles. The number of pyridine rings is 1. The van der Waals surface area contributed by atoms with Crippen LogP contribution in [0.3, 0.4) is 0 Å². The minimum absolute atomic E-state index is 0.0642.